The Morgan fingerprint density at radius 3 is 1.62 bits per heavy atom. The van der Waals surface area contributed by atoms with Crippen LogP contribution < -0.4 is 0 Å². The van der Waals surface area contributed by atoms with Crippen LogP contribution in [0.15, 0.2) is 194 Å². The number of nitrogens with zero attached hydrogens (tertiary/aromatic N) is 2. The van der Waals surface area contributed by atoms with Gasteiger partial charge in [0.25, 0.3) is 0 Å². The minimum Gasteiger partial charge on any atom is -0.228 e. The summed E-state index contributed by atoms with van der Waals surface area (Å²) in [6.07, 6.45) is 0. The van der Waals surface area contributed by atoms with Crippen LogP contribution in [-0.4, -0.2) is 9.97 Å². The van der Waals surface area contributed by atoms with Crippen molar-refractivity contribution in [3.05, 3.63) is 205 Å². The first-order chi connectivity index (χ1) is 27.0. The highest BCUT2D eigenvalue weighted by molar-refractivity contribution is 6.05. The van der Waals surface area contributed by atoms with E-state index in [1.807, 2.05) is 18.2 Å². The number of hydrogen-bond donors (Lipinski definition) is 0. The van der Waals surface area contributed by atoms with Gasteiger partial charge in [0.05, 0.1) is 11.4 Å². The molecule has 10 rings (SSSR count). The van der Waals surface area contributed by atoms with Crippen LogP contribution in [0.25, 0.3) is 89.2 Å². The molecule has 55 heavy (non-hydrogen) atoms. The van der Waals surface area contributed by atoms with Crippen molar-refractivity contribution in [2.24, 2.45) is 0 Å². The number of fused-ring (bicyclic) bond motifs is 4. The van der Waals surface area contributed by atoms with Crippen LogP contribution in [0.1, 0.15) is 25.0 Å². The minimum absolute atomic E-state index is 0.00847. The van der Waals surface area contributed by atoms with E-state index in [9.17, 15) is 0 Å². The summed E-state index contributed by atoms with van der Waals surface area (Å²) >= 11 is 0. The van der Waals surface area contributed by atoms with Crippen LogP contribution >= 0.6 is 0 Å². The molecule has 1 aliphatic carbocycles. The van der Waals surface area contributed by atoms with Gasteiger partial charge in [-0.15, -0.1) is 0 Å². The highest BCUT2D eigenvalue weighted by atomic mass is 14.9. The Labute approximate surface area is 322 Å². The molecule has 0 radical (unpaired) electrons. The van der Waals surface area contributed by atoms with Gasteiger partial charge >= 0.3 is 0 Å². The van der Waals surface area contributed by atoms with E-state index in [-0.39, 0.29) is 5.41 Å². The van der Waals surface area contributed by atoms with Crippen molar-refractivity contribution in [2.75, 3.05) is 0 Å². The zero-order valence-electron chi connectivity index (χ0n) is 30.9. The molecule has 0 saturated heterocycles. The lowest BCUT2D eigenvalue weighted by molar-refractivity contribution is 0.660. The predicted octanol–water partition coefficient (Wildman–Crippen LogP) is 13.9. The highest BCUT2D eigenvalue weighted by Crippen LogP contribution is 2.49. The van der Waals surface area contributed by atoms with Crippen molar-refractivity contribution in [2.45, 2.75) is 19.3 Å². The van der Waals surface area contributed by atoms with Gasteiger partial charge in [0.1, 0.15) is 0 Å². The highest BCUT2D eigenvalue weighted by Gasteiger charge is 2.35. The van der Waals surface area contributed by atoms with Crippen molar-refractivity contribution in [1.82, 2.24) is 9.97 Å². The fourth-order valence-electron chi connectivity index (χ4n) is 8.48. The maximum atomic E-state index is 5.23. The molecule has 260 valence electrons. The van der Waals surface area contributed by atoms with Gasteiger partial charge in [0.15, 0.2) is 5.82 Å². The lowest BCUT2D eigenvalue weighted by atomic mass is 9.82. The Balaban J connectivity index is 1.08. The molecule has 0 fully saturated rings. The molecule has 0 atom stereocenters. The molecule has 8 aromatic carbocycles. The van der Waals surface area contributed by atoms with Crippen molar-refractivity contribution in [3.63, 3.8) is 0 Å². The smallest absolute Gasteiger partial charge is 0.160 e. The Kier molecular flexibility index (Phi) is 7.85. The molecule has 0 spiro atoms. The quantitative estimate of drug-likeness (QED) is 0.172. The molecule has 0 saturated carbocycles. The van der Waals surface area contributed by atoms with Gasteiger partial charge in [0.2, 0.25) is 0 Å². The van der Waals surface area contributed by atoms with E-state index in [2.05, 4.69) is 190 Å². The summed E-state index contributed by atoms with van der Waals surface area (Å²) < 4.78 is 0. The second kappa shape index (κ2) is 13.2. The van der Waals surface area contributed by atoms with Gasteiger partial charge in [-0.25, -0.2) is 9.97 Å². The fourth-order valence-corrected chi connectivity index (χ4v) is 8.48. The van der Waals surface area contributed by atoms with E-state index in [0.29, 0.717) is 5.82 Å². The molecule has 1 heterocycles. The molecule has 0 unspecified atom stereocenters. The SMILES string of the molecule is CC1(C)c2ccccc2-c2cc(-c3cccc(-c4ccc(-c5cc(-c6cccc(-c7ccccc7)c6)nc(-c6ccccc6)n5)c5ccccc45)c3)ccc21. The van der Waals surface area contributed by atoms with Crippen molar-refractivity contribution < 1.29 is 0 Å². The van der Waals surface area contributed by atoms with E-state index < -0.39 is 0 Å². The maximum absolute atomic E-state index is 5.23. The third-order valence-electron chi connectivity index (χ3n) is 11.3. The number of rotatable bonds is 6. The van der Waals surface area contributed by atoms with Crippen LogP contribution in [-0.2, 0) is 5.41 Å². The van der Waals surface area contributed by atoms with Crippen molar-refractivity contribution in [3.8, 4) is 78.4 Å². The minimum atomic E-state index is -0.00847. The number of benzene rings is 8. The monoisotopic (exact) mass is 702 g/mol. The normalized spacial score (nSPS) is 12.7. The summed E-state index contributed by atoms with van der Waals surface area (Å²) in [4.78, 5) is 10.4. The summed E-state index contributed by atoms with van der Waals surface area (Å²) in [6.45, 7) is 4.67. The summed E-state index contributed by atoms with van der Waals surface area (Å²) in [6, 6.07) is 69.6. The summed E-state index contributed by atoms with van der Waals surface area (Å²) in [7, 11) is 0. The Hall–Kier alpha value is -6.90. The molecular formula is C53H38N2. The standard InChI is InChI=1S/C53H38N2/c1-53(2)48-26-12-11-25-45(48)47-33-39(27-30-49(47)53)38-20-13-21-40(31-38)42-28-29-46(44-24-10-9-23-43(42)44)51-34-50(54-52(55-51)36-17-7-4-8-18-36)41-22-14-19-37(32-41)35-15-5-3-6-16-35/h3-34H,1-2H3. The topological polar surface area (TPSA) is 25.8 Å². The van der Waals surface area contributed by atoms with Gasteiger partial charge in [-0.3, -0.25) is 0 Å². The van der Waals surface area contributed by atoms with Crippen molar-refractivity contribution in [1.29, 1.82) is 0 Å². The second-order valence-corrected chi connectivity index (χ2v) is 15.0. The van der Waals surface area contributed by atoms with Gasteiger partial charge < -0.3 is 0 Å². The van der Waals surface area contributed by atoms with E-state index in [1.165, 1.54) is 55.5 Å². The first kappa shape index (κ1) is 32.7. The predicted molar refractivity (Wildman–Crippen MR) is 230 cm³/mol. The van der Waals surface area contributed by atoms with Gasteiger partial charge in [0, 0.05) is 22.1 Å². The number of aromatic nitrogens is 2. The lowest BCUT2D eigenvalue weighted by Gasteiger charge is -2.21. The van der Waals surface area contributed by atoms with Crippen LogP contribution in [0.3, 0.4) is 0 Å². The Bertz CT molecular complexity index is 2890. The van der Waals surface area contributed by atoms with E-state index in [0.717, 1.165) is 39.0 Å². The van der Waals surface area contributed by atoms with Gasteiger partial charge in [-0.1, -0.05) is 184 Å². The van der Waals surface area contributed by atoms with Crippen LogP contribution in [0.4, 0.5) is 0 Å². The third kappa shape index (κ3) is 5.75. The third-order valence-corrected chi connectivity index (χ3v) is 11.3. The van der Waals surface area contributed by atoms with Crippen LogP contribution in [0.2, 0.25) is 0 Å². The van der Waals surface area contributed by atoms with E-state index in [1.54, 1.807) is 0 Å². The summed E-state index contributed by atoms with van der Waals surface area (Å²) in [5.74, 6) is 0.708. The van der Waals surface area contributed by atoms with Gasteiger partial charge in [-0.05, 0) is 90.7 Å². The molecule has 2 heteroatoms. The Morgan fingerprint density at radius 2 is 0.836 bits per heavy atom. The molecule has 1 aliphatic rings. The molecule has 2 nitrogen and oxygen atoms in total. The lowest BCUT2D eigenvalue weighted by Crippen LogP contribution is -2.14. The zero-order chi connectivity index (χ0) is 36.9. The molecule has 9 aromatic rings. The number of hydrogen-bond acceptors (Lipinski definition) is 2. The van der Waals surface area contributed by atoms with E-state index in [4.69, 9.17) is 9.97 Å². The zero-order valence-corrected chi connectivity index (χ0v) is 30.9. The first-order valence-electron chi connectivity index (χ1n) is 19.0. The average Bonchev–Trinajstić information content (AvgIpc) is 3.49. The molecule has 0 aliphatic heterocycles. The molecule has 0 bridgehead atoms. The fraction of sp³-hybridized carbons (Fsp3) is 0.0566. The largest absolute Gasteiger partial charge is 0.228 e. The molecule has 1 aromatic heterocycles. The van der Waals surface area contributed by atoms with Crippen molar-refractivity contribution >= 4 is 10.8 Å². The van der Waals surface area contributed by atoms with Crippen LogP contribution in [0, 0.1) is 0 Å². The molecule has 0 N–H and O–H groups in total. The summed E-state index contributed by atoms with van der Waals surface area (Å²) in [5.41, 5.74) is 17.5. The van der Waals surface area contributed by atoms with E-state index >= 15 is 0 Å². The second-order valence-electron chi connectivity index (χ2n) is 15.0. The average molecular weight is 703 g/mol. The van der Waals surface area contributed by atoms with Gasteiger partial charge in [-0.2, -0.15) is 0 Å². The summed E-state index contributed by atoms with van der Waals surface area (Å²) in [5, 5.41) is 2.35. The first-order valence-corrected chi connectivity index (χ1v) is 19.0. The Morgan fingerprint density at radius 1 is 0.309 bits per heavy atom. The molecular weight excluding hydrogens is 665 g/mol. The molecule has 0 amide bonds. The van der Waals surface area contributed by atoms with Crippen LogP contribution in [0.5, 0.6) is 0 Å². The maximum Gasteiger partial charge on any atom is 0.160 e.